The second kappa shape index (κ2) is 4.21. The van der Waals surface area contributed by atoms with Crippen molar-refractivity contribution in [2.45, 2.75) is 5.92 Å². The highest BCUT2D eigenvalue weighted by molar-refractivity contribution is 5.99. The molecule has 0 fully saturated rings. The number of carbonyl (C=O) groups is 2. The van der Waals surface area contributed by atoms with Crippen LogP contribution < -0.4 is 0 Å². The Morgan fingerprint density at radius 3 is 2.29 bits per heavy atom. The number of para-hydroxylation sites is 1. The summed E-state index contributed by atoms with van der Waals surface area (Å²) in [5.41, 5.74) is 0.612. The smallest absolute Gasteiger partial charge is 0.324 e. The van der Waals surface area contributed by atoms with E-state index in [1.165, 1.54) is 6.07 Å². The Balaban J connectivity index is 2.55. The van der Waals surface area contributed by atoms with Crippen LogP contribution in [-0.4, -0.2) is 27.1 Å². The topological polar surface area (TPSA) is 87.5 Å². The van der Waals surface area contributed by atoms with Crippen molar-refractivity contribution in [1.82, 2.24) is 4.98 Å². The van der Waals surface area contributed by atoms with Gasteiger partial charge in [0.2, 0.25) is 0 Å². The molecular formula is C12H9NO4. The van der Waals surface area contributed by atoms with E-state index in [9.17, 15) is 9.59 Å². The molecule has 0 saturated heterocycles. The quantitative estimate of drug-likeness (QED) is 0.781. The van der Waals surface area contributed by atoms with Gasteiger partial charge < -0.3 is 10.2 Å². The first-order valence-corrected chi connectivity index (χ1v) is 4.91. The number of carboxylic acids is 2. The Bertz CT molecular complexity index is 580. The molecule has 0 radical (unpaired) electrons. The Kier molecular flexibility index (Phi) is 2.74. The molecule has 0 amide bonds. The van der Waals surface area contributed by atoms with Crippen LogP contribution in [0.3, 0.4) is 0 Å². The van der Waals surface area contributed by atoms with Crippen LogP contribution in [0.4, 0.5) is 0 Å². The van der Waals surface area contributed by atoms with Crippen LogP contribution >= 0.6 is 0 Å². The third-order valence-electron chi connectivity index (χ3n) is 2.41. The second-order valence-corrected chi connectivity index (χ2v) is 3.54. The van der Waals surface area contributed by atoms with Gasteiger partial charge >= 0.3 is 11.9 Å². The number of hydrogen-bond acceptors (Lipinski definition) is 3. The van der Waals surface area contributed by atoms with Gasteiger partial charge in [0.15, 0.2) is 5.92 Å². The van der Waals surface area contributed by atoms with Crippen LogP contribution in [-0.2, 0) is 9.59 Å². The van der Waals surface area contributed by atoms with Crippen molar-refractivity contribution in [3.8, 4) is 0 Å². The van der Waals surface area contributed by atoms with Crippen molar-refractivity contribution in [1.29, 1.82) is 0 Å². The average Bonchev–Trinajstić information content (AvgIpc) is 2.28. The molecule has 0 aliphatic heterocycles. The van der Waals surface area contributed by atoms with Gasteiger partial charge in [-0.05, 0) is 12.1 Å². The molecule has 2 rings (SSSR count). The zero-order valence-electron chi connectivity index (χ0n) is 8.70. The SMILES string of the molecule is O=C(O)C(C(=O)O)c1ccc2ccccc2n1. The highest BCUT2D eigenvalue weighted by atomic mass is 16.4. The fourth-order valence-electron chi connectivity index (χ4n) is 1.60. The van der Waals surface area contributed by atoms with Gasteiger partial charge in [0.25, 0.3) is 0 Å². The van der Waals surface area contributed by atoms with Gasteiger partial charge in [0.1, 0.15) is 0 Å². The number of nitrogens with zero attached hydrogens (tertiary/aromatic N) is 1. The van der Waals surface area contributed by atoms with Crippen LogP contribution in [0.25, 0.3) is 10.9 Å². The van der Waals surface area contributed by atoms with Crippen LogP contribution in [0.1, 0.15) is 11.6 Å². The Morgan fingerprint density at radius 1 is 1.00 bits per heavy atom. The molecule has 5 heteroatoms. The van der Waals surface area contributed by atoms with Crippen LogP contribution in [0.2, 0.25) is 0 Å². The minimum Gasteiger partial charge on any atom is -0.480 e. The minimum atomic E-state index is -1.63. The van der Waals surface area contributed by atoms with E-state index in [1.807, 2.05) is 12.1 Å². The summed E-state index contributed by atoms with van der Waals surface area (Å²) in [6.07, 6.45) is 0. The summed E-state index contributed by atoms with van der Waals surface area (Å²) in [7, 11) is 0. The number of benzene rings is 1. The highest BCUT2D eigenvalue weighted by Gasteiger charge is 2.29. The first kappa shape index (κ1) is 11.1. The average molecular weight is 231 g/mol. The third-order valence-corrected chi connectivity index (χ3v) is 2.41. The fraction of sp³-hybridized carbons (Fsp3) is 0.0833. The number of carboxylic acid groups (broad SMARTS) is 2. The molecule has 0 saturated carbocycles. The lowest BCUT2D eigenvalue weighted by molar-refractivity contribution is -0.150. The Labute approximate surface area is 96.3 Å². The monoisotopic (exact) mass is 231 g/mol. The van der Waals surface area contributed by atoms with E-state index in [1.54, 1.807) is 18.2 Å². The second-order valence-electron chi connectivity index (χ2n) is 3.54. The van der Waals surface area contributed by atoms with E-state index in [2.05, 4.69) is 4.98 Å². The van der Waals surface area contributed by atoms with Crippen LogP contribution in [0, 0.1) is 0 Å². The summed E-state index contributed by atoms with van der Waals surface area (Å²) in [6.45, 7) is 0. The van der Waals surface area contributed by atoms with Gasteiger partial charge in [-0.25, -0.2) is 0 Å². The van der Waals surface area contributed by atoms with E-state index >= 15 is 0 Å². The molecule has 86 valence electrons. The van der Waals surface area contributed by atoms with Gasteiger partial charge in [-0.15, -0.1) is 0 Å². The van der Waals surface area contributed by atoms with Crippen molar-refractivity contribution in [2.75, 3.05) is 0 Å². The maximum Gasteiger partial charge on any atom is 0.324 e. The molecule has 0 aliphatic carbocycles. The Hall–Kier alpha value is -2.43. The molecule has 2 N–H and O–H groups in total. The molecule has 0 spiro atoms. The normalized spacial score (nSPS) is 10.6. The van der Waals surface area contributed by atoms with E-state index in [0.29, 0.717) is 5.52 Å². The molecule has 0 bridgehead atoms. The minimum absolute atomic E-state index is 0.0312. The largest absolute Gasteiger partial charge is 0.480 e. The van der Waals surface area contributed by atoms with Crippen molar-refractivity contribution >= 4 is 22.8 Å². The maximum atomic E-state index is 10.9. The lowest BCUT2D eigenvalue weighted by Crippen LogP contribution is -2.22. The molecule has 1 aromatic carbocycles. The summed E-state index contributed by atoms with van der Waals surface area (Å²) in [4.78, 5) is 25.8. The Morgan fingerprint density at radius 2 is 1.65 bits per heavy atom. The zero-order valence-corrected chi connectivity index (χ0v) is 8.70. The molecule has 5 nitrogen and oxygen atoms in total. The number of aliphatic carboxylic acids is 2. The molecule has 0 atom stereocenters. The number of fused-ring (bicyclic) bond motifs is 1. The van der Waals surface area contributed by atoms with Crippen molar-refractivity contribution < 1.29 is 19.8 Å². The van der Waals surface area contributed by atoms with E-state index in [-0.39, 0.29) is 5.69 Å². The van der Waals surface area contributed by atoms with Gasteiger partial charge in [-0.1, -0.05) is 24.3 Å². The summed E-state index contributed by atoms with van der Waals surface area (Å²) in [6, 6.07) is 10.2. The van der Waals surface area contributed by atoms with E-state index in [0.717, 1.165) is 5.39 Å². The predicted molar refractivity (Wildman–Crippen MR) is 59.8 cm³/mol. The van der Waals surface area contributed by atoms with Gasteiger partial charge in [0.05, 0.1) is 11.2 Å². The zero-order chi connectivity index (χ0) is 12.4. The number of hydrogen-bond donors (Lipinski definition) is 2. The van der Waals surface area contributed by atoms with Gasteiger partial charge in [0, 0.05) is 5.39 Å². The summed E-state index contributed by atoms with van der Waals surface area (Å²) in [5.74, 6) is -4.46. The molecule has 2 aromatic rings. The molecule has 0 unspecified atom stereocenters. The van der Waals surface area contributed by atoms with Gasteiger partial charge in [-0.2, -0.15) is 0 Å². The third kappa shape index (κ3) is 2.08. The van der Waals surface area contributed by atoms with Gasteiger partial charge in [-0.3, -0.25) is 14.6 Å². The van der Waals surface area contributed by atoms with Crippen molar-refractivity contribution in [3.05, 3.63) is 42.1 Å². The van der Waals surface area contributed by atoms with Crippen molar-refractivity contribution in [2.24, 2.45) is 0 Å². The number of aromatic nitrogens is 1. The molecular weight excluding hydrogens is 222 g/mol. The first-order chi connectivity index (χ1) is 8.09. The molecule has 0 aliphatic rings. The van der Waals surface area contributed by atoms with Crippen LogP contribution in [0.15, 0.2) is 36.4 Å². The van der Waals surface area contributed by atoms with Crippen LogP contribution in [0.5, 0.6) is 0 Å². The first-order valence-electron chi connectivity index (χ1n) is 4.91. The number of rotatable bonds is 3. The summed E-state index contributed by atoms with van der Waals surface area (Å²) < 4.78 is 0. The summed E-state index contributed by atoms with van der Waals surface area (Å²) >= 11 is 0. The van der Waals surface area contributed by atoms with E-state index < -0.39 is 17.9 Å². The van der Waals surface area contributed by atoms with E-state index in [4.69, 9.17) is 10.2 Å². The summed E-state index contributed by atoms with van der Waals surface area (Å²) in [5, 5.41) is 18.5. The highest BCUT2D eigenvalue weighted by Crippen LogP contribution is 2.18. The molecule has 1 heterocycles. The maximum absolute atomic E-state index is 10.9. The predicted octanol–water partition coefficient (Wildman–Crippen LogP) is 1.49. The molecule has 17 heavy (non-hydrogen) atoms. The number of pyridine rings is 1. The lowest BCUT2D eigenvalue weighted by Gasteiger charge is -2.07. The standard InChI is InChI=1S/C12H9NO4/c14-11(15)10(12(16)17)9-6-5-7-3-1-2-4-8(7)13-9/h1-6,10H,(H,14,15)(H,16,17). The lowest BCUT2D eigenvalue weighted by atomic mass is 10.0. The molecule has 1 aromatic heterocycles. The fourth-order valence-corrected chi connectivity index (χ4v) is 1.60. The van der Waals surface area contributed by atoms with Crippen molar-refractivity contribution in [3.63, 3.8) is 0 Å².